The molecule has 0 aromatic heterocycles. The van der Waals surface area contributed by atoms with Crippen LogP contribution in [-0.2, 0) is 9.53 Å². The summed E-state index contributed by atoms with van der Waals surface area (Å²) < 4.78 is 5.36. The summed E-state index contributed by atoms with van der Waals surface area (Å²) in [7, 11) is 0. The van der Waals surface area contributed by atoms with E-state index in [0.717, 1.165) is 45.1 Å². The van der Waals surface area contributed by atoms with Gasteiger partial charge in [-0.3, -0.25) is 4.79 Å². The van der Waals surface area contributed by atoms with Crippen LogP contribution in [0.4, 0.5) is 4.79 Å². The summed E-state index contributed by atoms with van der Waals surface area (Å²) >= 11 is 0. The van der Waals surface area contributed by atoms with Crippen LogP contribution in [0.1, 0.15) is 72.6 Å². The molecule has 2 fully saturated rings. The highest BCUT2D eigenvalue weighted by atomic mass is 16.5. The lowest BCUT2D eigenvalue weighted by molar-refractivity contribution is -0.123. The van der Waals surface area contributed by atoms with E-state index in [1.807, 2.05) is 6.92 Å². The topological polar surface area (TPSA) is 99.7 Å². The predicted octanol–water partition coefficient (Wildman–Crippen LogP) is 2.57. The van der Waals surface area contributed by atoms with E-state index in [2.05, 4.69) is 36.7 Å². The molecule has 7 nitrogen and oxygen atoms in total. The monoisotopic (exact) mass is 411 g/mol. The summed E-state index contributed by atoms with van der Waals surface area (Å²) in [6.07, 6.45) is 6.00. The highest BCUT2D eigenvalue weighted by Crippen LogP contribution is 2.48. The molecule has 2 rings (SSSR count). The van der Waals surface area contributed by atoms with Crippen molar-refractivity contribution in [2.24, 2.45) is 17.8 Å². The third-order valence-corrected chi connectivity index (χ3v) is 6.32. The average molecular weight is 412 g/mol. The van der Waals surface area contributed by atoms with Gasteiger partial charge < -0.3 is 25.8 Å². The lowest BCUT2D eigenvalue weighted by atomic mass is 9.88. The first-order valence-electron chi connectivity index (χ1n) is 11.3. The van der Waals surface area contributed by atoms with Crippen LogP contribution in [0.3, 0.4) is 0 Å². The Morgan fingerprint density at radius 3 is 2.76 bits per heavy atom. The van der Waals surface area contributed by atoms with Gasteiger partial charge in [-0.15, -0.1) is 0 Å². The SMILES string of the molecule is CCCCCOC(=O)N[C@]1(CC(C)C)CC1CNC(C)(CO)CC1CCNC1=O. The lowest BCUT2D eigenvalue weighted by Crippen LogP contribution is -2.50. The number of hydrogen-bond donors (Lipinski definition) is 4. The molecule has 2 aliphatic rings. The molecule has 3 unspecified atom stereocenters. The number of aliphatic hydroxyl groups excluding tert-OH is 1. The highest BCUT2D eigenvalue weighted by Gasteiger charge is 2.55. The molecular formula is C22H41N3O4. The molecule has 7 heteroatoms. The van der Waals surface area contributed by atoms with Crippen molar-refractivity contribution in [2.45, 2.75) is 83.7 Å². The zero-order valence-electron chi connectivity index (χ0n) is 18.7. The van der Waals surface area contributed by atoms with Gasteiger partial charge in [-0.05, 0) is 50.9 Å². The van der Waals surface area contributed by atoms with Gasteiger partial charge in [-0.2, -0.15) is 0 Å². The first kappa shape index (κ1) is 23.9. The van der Waals surface area contributed by atoms with Crippen LogP contribution in [0.15, 0.2) is 0 Å². The summed E-state index contributed by atoms with van der Waals surface area (Å²) in [6.45, 7) is 10.3. The maximum absolute atomic E-state index is 12.3. The van der Waals surface area contributed by atoms with E-state index in [1.54, 1.807) is 0 Å². The Bertz CT molecular complexity index is 556. The van der Waals surface area contributed by atoms with Gasteiger partial charge in [-0.25, -0.2) is 4.79 Å². The minimum atomic E-state index is -0.501. The van der Waals surface area contributed by atoms with Gasteiger partial charge in [0, 0.05) is 30.1 Å². The second kappa shape index (κ2) is 10.6. The van der Waals surface area contributed by atoms with Crippen molar-refractivity contribution < 1.29 is 19.4 Å². The number of carbonyl (C=O) groups excluding carboxylic acids is 2. The van der Waals surface area contributed by atoms with Gasteiger partial charge in [0.2, 0.25) is 5.91 Å². The summed E-state index contributed by atoms with van der Waals surface area (Å²) in [5.74, 6) is 0.804. The molecule has 4 N–H and O–H groups in total. The lowest BCUT2D eigenvalue weighted by Gasteiger charge is -2.31. The minimum absolute atomic E-state index is 0.0203. The van der Waals surface area contributed by atoms with Crippen molar-refractivity contribution in [3.05, 3.63) is 0 Å². The molecule has 4 atom stereocenters. The van der Waals surface area contributed by atoms with E-state index in [-0.39, 0.29) is 30.1 Å². The Labute approximate surface area is 175 Å². The van der Waals surface area contributed by atoms with Gasteiger partial charge in [0.05, 0.1) is 13.2 Å². The van der Waals surface area contributed by atoms with Crippen LogP contribution < -0.4 is 16.0 Å². The number of unbranched alkanes of at least 4 members (excludes halogenated alkanes) is 2. The Morgan fingerprint density at radius 2 is 2.17 bits per heavy atom. The normalized spacial score (nSPS) is 28.1. The molecule has 0 radical (unpaired) electrons. The Morgan fingerprint density at radius 1 is 1.41 bits per heavy atom. The fourth-order valence-electron chi connectivity index (χ4n) is 4.53. The quantitative estimate of drug-likeness (QED) is 0.349. The van der Waals surface area contributed by atoms with Crippen LogP contribution >= 0.6 is 0 Å². The molecule has 1 heterocycles. The largest absolute Gasteiger partial charge is 0.450 e. The van der Waals surface area contributed by atoms with E-state index in [1.165, 1.54) is 0 Å². The van der Waals surface area contributed by atoms with Crippen LogP contribution in [0, 0.1) is 17.8 Å². The van der Waals surface area contributed by atoms with E-state index >= 15 is 0 Å². The number of nitrogens with one attached hydrogen (secondary N) is 3. The number of hydrogen-bond acceptors (Lipinski definition) is 5. The van der Waals surface area contributed by atoms with E-state index in [0.29, 0.717) is 31.4 Å². The van der Waals surface area contributed by atoms with Gasteiger partial charge in [-0.1, -0.05) is 33.6 Å². The van der Waals surface area contributed by atoms with Crippen molar-refractivity contribution >= 4 is 12.0 Å². The second-order valence-electron chi connectivity index (χ2n) is 9.70. The molecule has 29 heavy (non-hydrogen) atoms. The van der Waals surface area contributed by atoms with Gasteiger partial charge in [0.1, 0.15) is 0 Å². The number of alkyl carbamates (subject to hydrolysis) is 1. The summed E-state index contributed by atoms with van der Waals surface area (Å²) in [4.78, 5) is 24.2. The van der Waals surface area contributed by atoms with Crippen molar-refractivity contribution in [1.82, 2.24) is 16.0 Å². The zero-order chi connectivity index (χ0) is 21.5. The third-order valence-electron chi connectivity index (χ3n) is 6.32. The van der Waals surface area contributed by atoms with Crippen molar-refractivity contribution in [3.63, 3.8) is 0 Å². The predicted molar refractivity (Wildman–Crippen MR) is 114 cm³/mol. The average Bonchev–Trinajstić information content (AvgIpc) is 3.16. The number of ether oxygens (including phenoxy) is 1. The molecule has 0 aromatic rings. The fraction of sp³-hybridized carbons (Fsp3) is 0.909. The Hall–Kier alpha value is -1.34. The molecule has 168 valence electrons. The second-order valence-corrected chi connectivity index (χ2v) is 9.70. The highest BCUT2D eigenvalue weighted by molar-refractivity contribution is 5.80. The number of aliphatic hydroxyl groups is 1. The van der Waals surface area contributed by atoms with Gasteiger partial charge in [0.15, 0.2) is 0 Å². The van der Waals surface area contributed by atoms with Crippen LogP contribution in [0.25, 0.3) is 0 Å². The zero-order valence-corrected chi connectivity index (χ0v) is 18.7. The molecule has 1 saturated heterocycles. The van der Waals surface area contributed by atoms with Crippen molar-refractivity contribution in [3.8, 4) is 0 Å². The van der Waals surface area contributed by atoms with Crippen LogP contribution in [0.2, 0.25) is 0 Å². The Kier molecular flexibility index (Phi) is 8.76. The molecule has 1 aliphatic heterocycles. The van der Waals surface area contributed by atoms with Crippen LogP contribution in [0.5, 0.6) is 0 Å². The molecule has 1 saturated carbocycles. The fourth-order valence-corrected chi connectivity index (χ4v) is 4.53. The molecule has 0 aromatic carbocycles. The summed E-state index contributed by atoms with van der Waals surface area (Å²) in [5, 5.41) is 19.4. The number of amides is 2. The minimum Gasteiger partial charge on any atom is -0.450 e. The first-order valence-corrected chi connectivity index (χ1v) is 11.3. The summed E-state index contributed by atoms with van der Waals surface area (Å²) in [5.41, 5.74) is -0.733. The van der Waals surface area contributed by atoms with E-state index in [4.69, 9.17) is 4.74 Å². The first-order chi connectivity index (χ1) is 13.7. The molecule has 1 aliphatic carbocycles. The third kappa shape index (κ3) is 7.14. The Balaban J connectivity index is 1.86. The van der Waals surface area contributed by atoms with Gasteiger partial charge in [0.25, 0.3) is 0 Å². The number of rotatable bonds is 13. The molecule has 2 amide bonds. The summed E-state index contributed by atoms with van der Waals surface area (Å²) in [6, 6.07) is 0. The standard InChI is InChI=1S/C22H41N3O4/c1-5-6-7-10-29-20(28)25-22(11-16(2)3)13-18(22)14-24-21(4,15-26)12-17-8-9-23-19(17)27/h16-18,24,26H,5-15H2,1-4H3,(H,23,27)(H,25,28)/t17?,18?,21?,22-/m1/s1. The molecule has 0 bridgehead atoms. The van der Waals surface area contributed by atoms with Crippen molar-refractivity contribution in [2.75, 3.05) is 26.3 Å². The van der Waals surface area contributed by atoms with Crippen molar-refractivity contribution in [1.29, 1.82) is 0 Å². The van der Waals surface area contributed by atoms with E-state index < -0.39 is 5.54 Å². The molecule has 0 spiro atoms. The maximum Gasteiger partial charge on any atom is 0.407 e. The maximum atomic E-state index is 12.3. The smallest absolute Gasteiger partial charge is 0.407 e. The van der Waals surface area contributed by atoms with Gasteiger partial charge >= 0.3 is 6.09 Å². The van der Waals surface area contributed by atoms with E-state index in [9.17, 15) is 14.7 Å². The number of carbonyl (C=O) groups is 2. The molecular weight excluding hydrogens is 370 g/mol. The van der Waals surface area contributed by atoms with Crippen LogP contribution in [-0.4, -0.2) is 54.5 Å².